The van der Waals surface area contributed by atoms with Crippen LogP contribution >= 0.6 is 23.2 Å². The first-order chi connectivity index (χ1) is 14.2. The molecule has 1 aromatic heterocycles. The van der Waals surface area contributed by atoms with Gasteiger partial charge in [0.2, 0.25) is 17.8 Å². The van der Waals surface area contributed by atoms with Gasteiger partial charge in [-0.15, -0.1) is 0 Å². The third kappa shape index (κ3) is 5.71. The Balaban J connectivity index is 1.79. The zero-order chi connectivity index (χ0) is 21.7. The summed E-state index contributed by atoms with van der Waals surface area (Å²) in [6.07, 6.45) is -3.02. The van der Waals surface area contributed by atoms with E-state index >= 15 is 0 Å². The van der Waals surface area contributed by atoms with Crippen molar-refractivity contribution < 1.29 is 13.2 Å². The lowest BCUT2D eigenvalue weighted by Crippen LogP contribution is -2.08. The van der Waals surface area contributed by atoms with E-state index in [1.807, 2.05) is 0 Å². The summed E-state index contributed by atoms with van der Waals surface area (Å²) >= 11 is 11.9. The van der Waals surface area contributed by atoms with Crippen LogP contribution in [-0.4, -0.2) is 28.2 Å². The van der Waals surface area contributed by atoms with Gasteiger partial charge >= 0.3 is 6.18 Å². The zero-order valence-corrected chi connectivity index (χ0v) is 16.8. The number of anilines is 4. The highest BCUT2D eigenvalue weighted by atomic mass is 35.5. The molecular weight excluding hydrogens is 442 g/mol. The van der Waals surface area contributed by atoms with Crippen molar-refractivity contribution in [2.45, 2.75) is 6.18 Å². The first-order valence-electron chi connectivity index (χ1n) is 8.37. The molecule has 0 fully saturated rings. The zero-order valence-electron chi connectivity index (χ0n) is 15.3. The molecule has 3 N–H and O–H groups in total. The molecule has 156 valence electrons. The number of hydrogen-bond donors (Lipinski definition) is 3. The lowest BCUT2D eigenvalue weighted by Gasteiger charge is -2.11. The minimum absolute atomic E-state index is 0.0240. The maximum absolute atomic E-state index is 12.9. The molecule has 0 amide bonds. The molecule has 30 heavy (non-hydrogen) atoms. The molecule has 1 heterocycles. The summed E-state index contributed by atoms with van der Waals surface area (Å²) in [5.74, 6) is 0.266. The number of nitrogens with zero attached hydrogens (tertiary/aromatic N) is 4. The molecule has 0 saturated heterocycles. The fourth-order valence-electron chi connectivity index (χ4n) is 2.26. The number of halogens is 5. The highest BCUT2D eigenvalue weighted by molar-refractivity contribution is 6.36. The molecule has 3 aromatic rings. The van der Waals surface area contributed by atoms with Crippen molar-refractivity contribution in [2.75, 3.05) is 23.1 Å². The first-order valence-corrected chi connectivity index (χ1v) is 9.12. The van der Waals surface area contributed by atoms with E-state index in [1.165, 1.54) is 18.3 Å². The summed E-state index contributed by atoms with van der Waals surface area (Å²) in [5, 5.41) is 10.4. The van der Waals surface area contributed by atoms with E-state index in [0.717, 1.165) is 12.1 Å². The number of aromatic nitrogens is 3. The third-order valence-electron chi connectivity index (χ3n) is 3.64. The van der Waals surface area contributed by atoms with Crippen molar-refractivity contribution in [2.24, 2.45) is 5.10 Å². The molecule has 0 aliphatic carbocycles. The highest BCUT2D eigenvalue weighted by Crippen LogP contribution is 2.31. The number of nitrogens with one attached hydrogen (secondary N) is 3. The monoisotopic (exact) mass is 455 g/mol. The summed E-state index contributed by atoms with van der Waals surface area (Å²) in [4.78, 5) is 12.3. The maximum Gasteiger partial charge on any atom is 0.416 e. The van der Waals surface area contributed by atoms with E-state index in [4.69, 9.17) is 23.2 Å². The normalized spacial score (nSPS) is 11.5. The molecule has 0 radical (unpaired) electrons. The number of rotatable bonds is 6. The predicted octanol–water partition coefficient (Wildman–Crippen LogP) is 5.43. The van der Waals surface area contributed by atoms with Gasteiger partial charge in [-0.05, 0) is 30.3 Å². The lowest BCUT2D eigenvalue weighted by atomic mass is 10.2. The molecule has 0 unspecified atom stereocenters. The second-order valence-electron chi connectivity index (χ2n) is 5.80. The van der Waals surface area contributed by atoms with Gasteiger partial charge in [-0.1, -0.05) is 35.3 Å². The van der Waals surface area contributed by atoms with Crippen LogP contribution in [0.1, 0.15) is 11.1 Å². The topological polar surface area (TPSA) is 87.1 Å². The highest BCUT2D eigenvalue weighted by Gasteiger charge is 2.30. The van der Waals surface area contributed by atoms with E-state index in [0.29, 0.717) is 15.6 Å². The second-order valence-corrected chi connectivity index (χ2v) is 6.64. The van der Waals surface area contributed by atoms with E-state index in [-0.39, 0.29) is 23.5 Å². The van der Waals surface area contributed by atoms with Crippen molar-refractivity contribution >= 4 is 52.9 Å². The van der Waals surface area contributed by atoms with Gasteiger partial charge in [0.05, 0.1) is 16.8 Å². The van der Waals surface area contributed by atoms with Crippen molar-refractivity contribution in [3.8, 4) is 0 Å². The fraction of sp³-hybridized carbons (Fsp3) is 0.111. The van der Waals surface area contributed by atoms with E-state index in [9.17, 15) is 13.2 Å². The number of hydrazone groups is 1. The smallest absolute Gasteiger partial charge is 0.357 e. The summed E-state index contributed by atoms with van der Waals surface area (Å²) in [7, 11) is 1.59. The van der Waals surface area contributed by atoms with Crippen molar-refractivity contribution in [1.82, 2.24) is 15.0 Å². The van der Waals surface area contributed by atoms with Gasteiger partial charge in [0.25, 0.3) is 0 Å². The Morgan fingerprint density at radius 3 is 2.40 bits per heavy atom. The van der Waals surface area contributed by atoms with Crippen molar-refractivity contribution in [1.29, 1.82) is 0 Å². The molecule has 0 bridgehead atoms. The molecule has 12 heteroatoms. The largest absolute Gasteiger partial charge is 0.416 e. The molecule has 7 nitrogen and oxygen atoms in total. The lowest BCUT2D eigenvalue weighted by molar-refractivity contribution is -0.137. The minimum Gasteiger partial charge on any atom is -0.357 e. The third-order valence-corrected chi connectivity index (χ3v) is 4.20. The van der Waals surface area contributed by atoms with Crippen LogP contribution in [0.5, 0.6) is 0 Å². The van der Waals surface area contributed by atoms with Crippen LogP contribution in [0.25, 0.3) is 0 Å². The molecule has 0 saturated carbocycles. The predicted molar refractivity (Wildman–Crippen MR) is 112 cm³/mol. The van der Waals surface area contributed by atoms with Crippen molar-refractivity contribution in [3.63, 3.8) is 0 Å². The molecular formula is C18H14Cl2F3N7. The van der Waals surface area contributed by atoms with E-state index < -0.39 is 11.7 Å². The molecule has 0 spiro atoms. The van der Waals surface area contributed by atoms with E-state index in [1.54, 1.807) is 25.2 Å². The van der Waals surface area contributed by atoms with Crippen LogP contribution in [0.3, 0.4) is 0 Å². The molecule has 0 atom stereocenters. The SMILES string of the molecule is CNc1nc(N/N=C/c2ccc(Cl)cc2Cl)nc(Nc2cccc(C(F)(F)F)c2)n1. The Labute approximate surface area is 179 Å². The number of hydrogen-bond acceptors (Lipinski definition) is 7. The van der Waals surface area contributed by atoms with Gasteiger partial charge < -0.3 is 10.6 Å². The van der Waals surface area contributed by atoms with Gasteiger partial charge in [-0.25, -0.2) is 5.43 Å². The average Bonchev–Trinajstić information content (AvgIpc) is 2.69. The minimum atomic E-state index is -4.46. The average molecular weight is 456 g/mol. The van der Waals surface area contributed by atoms with Crippen molar-refractivity contribution in [3.05, 3.63) is 63.6 Å². The Morgan fingerprint density at radius 1 is 0.967 bits per heavy atom. The molecule has 2 aromatic carbocycles. The molecule has 3 rings (SSSR count). The van der Waals surface area contributed by atoms with Gasteiger partial charge in [0.1, 0.15) is 0 Å². The molecule has 0 aliphatic rings. The summed E-state index contributed by atoms with van der Waals surface area (Å²) < 4.78 is 38.7. The standard InChI is InChI=1S/C18H14Cl2F3N7/c1-24-15-27-16(26-13-4-2-3-11(7-13)18(21,22)23)29-17(28-15)30-25-9-10-5-6-12(19)8-14(10)20/h2-9H,1H3,(H3,24,26,27,28,29,30)/b25-9+. The first kappa shape index (κ1) is 21.6. The van der Waals surface area contributed by atoms with Crippen LogP contribution in [0.4, 0.5) is 36.7 Å². The quantitative estimate of drug-likeness (QED) is 0.339. The summed E-state index contributed by atoms with van der Waals surface area (Å²) in [5.41, 5.74) is 2.61. The maximum atomic E-state index is 12.9. The Hall–Kier alpha value is -3.11. The summed E-state index contributed by atoms with van der Waals surface area (Å²) in [6.45, 7) is 0. The van der Waals surface area contributed by atoms with E-state index in [2.05, 4.69) is 36.1 Å². The van der Waals surface area contributed by atoms with Crippen LogP contribution < -0.4 is 16.1 Å². The second kappa shape index (κ2) is 9.14. The Bertz CT molecular complexity index is 1070. The molecule has 0 aliphatic heterocycles. The van der Waals surface area contributed by atoms with Crippen LogP contribution in [0.15, 0.2) is 47.6 Å². The number of alkyl halides is 3. The van der Waals surface area contributed by atoms with Crippen LogP contribution in [-0.2, 0) is 6.18 Å². The summed E-state index contributed by atoms with van der Waals surface area (Å²) in [6, 6.07) is 9.59. The van der Waals surface area contributed by atoms with Gasteiger partial charge in [0.15, 0.2) is 0 Å². The van der Waals surface area contributed by atoms with Gasteiger partial charge in [-0.3, -0.25) is 0 Å². The number of benzene rings is 2. The Kier molecular flexibility index (Phi) is 6.58. The van der Waals surface area contributed by atoms with Crippen LogP contribution in [0.2, 0.25) is 10.0 Å². The van der Waals surface area contributed by atoms with Gasteiger partial charge in [-0.2, -0.15) is 33.2 Å². The van der Waals surface area contributed by atoms with Crippen LogP contribution in [0, 0.1) is 0 Å². The van der Waals surface area contributed by atoms with Gasteiger partial charge in [0, 0.05) is 23.3 Å². The fourth-order valence-corrected chi connectivity index (χ4v) is 2.72. The Morgan fingerprint density at radius 2 is 1.70 bits per heavy atom.